The molecule has 1 atom stereocenters. The molecule has 1 aromatic heterocycles. The summed E-state index contributed by atoms with van der Waals surface area (Å²) in [6.07, 6.45) is 0. The fourth-order valence-electron chi connectivity index (χ4n) is 1.86. The Morgan fingerprint density at radius 2 is 2.26 bits per heavy atom. The van der Waals surface area contributed by atoms with Crippen LogP contribution in [0, 0.1) is 6.92 Å². The number of aromatic nitrogens is 4. The molecule has 0 unspecified atom stereocenters. The van der Waals surface area contributed by atoms with Crippen molar-refractivity contribution in [2.75, 3.05) is 12.4 Å². The zero-order chi connectivity index (χ0) is 17.0. The van der Waals surface area contributed by atoms with E-state index in [9.17, 15) is 4.79 Å². The third-order valence-corrected chi connectivity index (χ3v) is 4.67. The Morgan fingerprint density at radius 1 is 1.52 bits per heavy atom. The van der Waals surface area contributed by atoms with Crippen LogP contribution in [0.2, 0.25) is 5.02 Å². The first-order valence-electron chi connectivity index (χ1n) is 7.04. The molecule has 0 aliphatic rings. The lowest BCUT2D eigenvalue weighted by molar-refractivity contribution is -0.115. The summed E-state index contributed by atoms with van der Waals surface area (Å²) in [6.45, 7) is 6.25. The lowest BCUT2D eigenvalue weighted by Crippen LogP contribution is -2.23. The summed E-state index contributed by atoms with van der Waals surface area (Å²) in [4.78, 5) is 12.4. The van der Waals surface area contributed by atoms with Crippen LogP contribution in [0.4, 0.5) is 5.69 Å². The van der Waals surface area contributed by atoms with Crippen LogP contribution in [0.3, 0.4) is 0 Å². The molecular formula is C14H18ClN5O2S. The molecule has 0 radical (unpaired) electrons. The number of anilines is 1. The van der Waals surface area contributed by atoms with Crippen molar-refractivity contribution in [1.82, 2.24) is 20.2 Å². The van der Waals surface area contributed by atoms with Gasteiger partial charge in [-0.3, -0.25) is 4.79 Å². The smallest absolute Gasteiger partial charge is 0.237 e. The second-order valence-corrected chi connectivity index (χ2v) is 6.54. The highest BCUT2D eigenvalue weighted by Crippen LogP contribution is 2.31. The average molecular weight is 356 g/mol. The van der Waals surface area contributed by atoms with Crippen molar-refractivity contribution in [2.45, 2.75) is 37.7 Å². The quantitative estimate of drug-likeness (QED) is 0.802. The minimum atomic E-state index is -0.369. The minimum Gasteiger partial charge on any atom is -0.495 e. The molecule has 124 valence electrons. The van der Waals surface area contributed by atoms with E-state index in [1.165, 1.54) is 18.9 Å². The molecule has 2 aromatic rings. The normalized spacial score (nSPS) is 12.0. The van der Waals surface area contributed by atoms with Gasteiger partial charge in [0.15, 0.2) is 0 Å². The SMILES string of the molecule is CCn1nnnc1S[C@@H](C)C(=O)Nc1cc(C)c(Cl)cc1OC. The van der Waals surface area contributed by atoms with Gasteiger partial charge in [-0.05, 0) is 42.8 Å². The number of nitrogens with zero attached hydrogens (tertiary/aromatic N) is 4. The average Bonchev–Trinajstić information content (AvgIpc) is 2.97. The van der Waals surface area contributed by atoms with Crippen LogP contribution in [0.25, 0.3) is 0 Å². The third kappa shape index (κ3) is 4.14. The first-order chi connectivity index (χ1) is 11.0. The van der Waals surface area contributed by atoms with Gasteiger partial charge in [-0.15, -0.1) is 5.10 Å². The maximum atomic E-state index is 12.4. The standard InChI is InChI=1S/C14H18ClN5O2S/c1-5-20-14(17-18-19-20)23-9(3)13(21)16-11-6-8(2)10(15)7-12(11)22-4/h6-7,9H,5H2,1-4H3,(H,16,21)/t9-/m0/s1. The molecule has 0 bridgehead atoms. The van der Waals surface area contributed by atoms with Crippen molar-refractivity contribution in [3.63, 3.8) is 0 Å². The molecule has 23 heavy (non-hydrogen) atoms. The van der Waals surface area contributed by atoms with Crippen molar-refractivity contribution in [1.29, 1.82) is 0 Å². The number of tetrazole rings is 1. The zero-order valence-electron chi connectivity index (χ0n) is 13.3. The van der Waals surface area contributed by atoms with Gasteiger partial charge >= 0.3 is 0 Å². The highest BCUT2D eigenvalue weighted by atomic mass is 35.5. The van der Waals surface area contributed by atoms with E-state index < -0.39 is 0 Å². The lowest BCUT2D eigenvalue weighted by Gasteiger charge is -2.15. The van der Waals surface area contributed by atoms with Crippen LogP contribution in [-0.2, 0) is 11.3 Å². The van der Waals surface area contributed by atoms with E-state index in [1.807, 2.05) is 13.8 Å². The molecule has 0 saturated heterocycles. The highest BCUT2D eigenvalue weighted by molar-refractivity contribution is 8.00. The number of benzene rings is 1. The molecule has 9 heteroatoms. The predicted molar refractivity (Wildman–Crippen MR) is 90.2 cm³/mol. The summed E-state index contributed by atoms with van der Waals surface area (Å²) in [6, 6.07) is 3.47. The Balaban J connectivity index is 2.11. The van der Waals surface area contributed by atoms with E-state index in [-0.39, 0.29) is 11.2 Å². The molecule has 7 nitrogen and oxygen atoms in total. The fraction of sp³-hybridized carbons (Fsp3) is 0.429. The zero-order valence-corrected chi connectivity index (χ0v) is 14.9. The number of hydrogen-bond donors (Lipinski definition) is 1. The summed E-state index contributed by atoms with van der Waals surface area (Å²) in [5, 5.41) is 15.1. The first kappa shape index (κ1) is 17.6. The number of rotatable bonds is 6. The van der Waals surface area contributed by atoms with Gasteiger partial charge < -0.3 is 10.1 Å². The van der Waals surface area contributed by atoms with Gasteiger partial charge in [0.1, 0.15) is 5.75 Å². The predicted octanol–water partition coefficient (Wildman–Crippen LogP) is 2.78. The van der Waals surface area contributed by atoms with E-state index in [4.69, 9.17) is 16.3 Å². The van der Waals surface area contributed by atoms with E-state index in [0.29, 0.717) is 28.2 Å². The Bertz CT molecular complexity index is 706. The van der Waals surface area contributed by atoms with Crippen molar-refractivity contribution in [3.8, 4) is 5.75 Å². The molecule has 1 amide bonds. The van der Waals surface area contributed by atoms with Gasteiger partial charge in [-0.2, -0.15) is 0 Å². The Morgan fingerprint density at radius 3 is 2.91 bits per heavy atom. The Labute approximate surface area is 143 Å². The van der Waals surface area contributed by atoms with Crippen LogP contribution in [0.1, 0.15) is 19.4 Å². The van der Waals surface area contributed by atoms with E-state index in [2.05, 4.69) is 20.8 Å². The van der Waals surface area contributed by atoms with Crippen molar-refractivity contribution in [3.05, 3.63) is 22.7 Å². The molecule has 2 rings (SSSR count). The molecule has 0 fully saturated rings. The van der Waals surface area contributed by atoms with Gasteiger partial charge in [-0.25, -0.2) is 4.68 Å². The van der Waals surface area contributed by atoms with Gasteiger partial charge in [0.2, 0.25) is 11.1 Å². The van der Waals surface area contributed by atoms with E-state index in [1.54, 1.807) is 23.7 Å². The maximum Gasteiger partial charge on any atom is 0.237 e. The number of aryl methyl sites for hydroxylation is 2. The largest absolute Gasteiger partial charge is 0.495 e. The summed E-state index contributed by atoms with van der Waals surface area (Å²) < 4.78 is 6.90. The topological polar surface area (TPSA) is 81.9 Å². The van der Waals surface area contributed by atoms with Crippen LogP contribution in [0.5, 0.6) is 5.75 Å². The summed E-state index contributed by atoms with van der Waals surface area (Å²) in [7, 11) is 1.53. The number of halogens is 1. The second-order valence-electron chi connectivity index (χ2n) is 4.83. The van der Waals surface area contributed by atoms with Crippen molar-refractivity contribution >= 4 is 35.0 Å². The van der Waals surface area contributed by atoms with Crippen molar-refractivity contribution in [2.24, 2.45) is 0 Å². The number of thioether (sulfide) groups is 1. The molecule has 1 N–H and O–H groups in total. The molecular weight excluding hydrogens is 338 g/mol. The van der Waals surface area contributed by atoms with E-state index in [0.717, 1.165) is 5.56 Å². The number of carbonyl (C=O) groups is 1. The number of carbonyl (C=O) groups excluding carboxylic acids is 1. The van der Waals surface area contributed by atoms with Crippen LogP contribution >= 0.6 is 23.4 Å². The Hall–Kier alpha value is -1.80. The van der Waals surface area contributed by atoms with Gasteiger partial charge in [0.25, 0.3) is 0 Å². The maximum absolute atomic E-state index is 12.4. The summed E-state index contributed by atoms with van der Waals surface area (Å²) in [5.74, 6) is 0.352. The molecule has 0 aliphatic carbocycles. The van der Waals surface area contributed by atoms with Crippen LogP contribution < -0.4 is 10.1 Å². The van der Waals surface area contributed by atoms with Crippen molar-refractivity contribution < 1.29 is 9.53 Å². The summed E-state index contributed by atoms with van der Waals surface area (Å²) in [5.41, 5.74) is 1.44. The van der Waals surface area contributed by atoms with Gasteiger partial charge in [0, 0.05) is 17.6 Å². The Kier molecular flexibility index (Phi) is 5.84. The van der Waals surface area contributed by atoms with Gasteiger partial charge in [-0.1, -0.05) is 23.4 Å². The van der Waals surface area contributed by atoms with Gasteiger partial charge in [0.05, 0.1) is 18.0 Å². The number of nitrogens with one attached hydrogen (secondary N) is 1. The molecule has 1 heterocycles. The lowest BCUT2D eigenvalue weighted by atomic mass is 10.2. The number of amides is 1. The third-order valence-electron chi connectivity index (χ3n) is 3.19. The van der Waals surface area contributed by atoms with E-state index >= 15 is 0 Å². The fourth-order valence-corrected chi connectivity index (χ4v) is 2.86. The monoisotopic (exact) mass is 355 g/mol. The molecule has 0 aliphatic heterocycles. The molecule has 0 saturated carbocycles. The number of hydrogen-bond acceptors (Lipinski definition) is 6. The first-order valence-corrected chi connectivity index (χ1v) is 8.29. The van der Waals surface area contributed by atoms with Crippen LogP contribution in [0.15, 0.2) is 17.3 Å². The molecule has 0 spiro atoms. The van der Waals surface area contributed by atoms with Crippen LogP contribution in [-0.4, -0.2) is 38.5 Å². The minimum absolute atomic E-state index is 0.166. The second kappa shape index (κ2) is 7.65. The summed E-state index contributed by atoms with van der Waals surface area (Å²) >= 11 is 7.37. The number of ether oxygens (including phenoxy) is 1. The molecule has 1 aromatic carbocycles. The highest BCUT2D eigenvalue weighted by Gasteiger charge is 2.20. The number of methoxy groups -OCH3 is 1.